The lowest BCUT2D eigenvalue weighted by Crippen LogP contribution is -2.28. The normalized spacial score (nSPS) is 13.3. The SMILES string of the molecule is CC(O)c1cc(NC(=O)C(C)(C)C)nnc1Cl. The van der Waals surface area contributed by atoms with E-state index < -0.39 is 11.5 Å². The van der Waals surface area contributed by atoms with Gasteiger partial charge in [0.1, 0.15) is 0 Å². The van der Waals surface area contributed by atoms with Crippen LogP contribution in [0.4, 0.5) is 5.82 Å². The first-order valence-electron chi connectivity index (χ1n) is 5.24. The molecule has 94 valence electrons. The Morgan fingerprint density at radius 1 is 1.47 bits per heavy atom. The Morgan fingerprint density at radius 2 is 2.06 bits per heavy atom. The predicted octanol–water partition coefficient (Wildman–Crippen LogP) is 2.17. The van der Waals surface area contributed by atoms with Crippen LogP contribution in [0.1, 0.15) is 39.4 Å². The summed E-state index contributed by atoms with van der Waals surface area (Å²) in [7, 11) is 0. The van der Waals surface area contributed by atoms with E-state index in [0.29, 0.717) is 5.56 Å². The van der Waals surface area contributed by atoms with Gasteiger partial charge in [0, 0.05) is 11.0 Å². The van der Waals surface area contributed by atoms with E-state index in [4.69, 9.17) is 11.6 Å². The van der Waals surface area contributed by atoms with E-state index >= 15 is 0 Å². The summed E-state index contributed by atoms with van der Waals surface area (Å²) in [6.07, 6.45) is -0.761. The van der Waals surface area contributed by atoms with Crippen LogP contribution in [0.15, 0.2) is 6.07 Å². The van der Waals surface area contributed by atoms with E-state index in [9.17, 15) is 9.90 Å². The minimum absolute atomic E-state index is 0.133. The third kappa shape index (κ3) is 3.64. The maximum Gasteiger partial charge on any atom is 0.230 e. The number of hydrogen-bond donors (Lipinski definition) is 2. The van der Waals surface area contributed by atoms with Crippen LogP contribution in [0.25, 0.3) is 0 Å². The van der Waals surface area contributed by atoms with E-state index in [-0.39, 0.29) is 16.9 Å². The lowest BCUT2D eigenvalue weighted by molar-refractivity contribution is -0.123. The zero-order valence-electron chi connectivity index (χ0n) is 10.3. The predicted molar refractivity (Wildman–Crippen MR) is 65.8 cm³/mol. The summed E-state index contributed by atoms with van der Waals surface area (Å²) in [5, 5.41) is 19.6. The minimum Gasteiger partial charge on any atom is -0.389 e. The molecule has 6 heteroatoms. The average Bonchev–Trinajstić information content (AvgIpc) is 2.19. The van der Waals surface area contributed by atoms with E-state index in [1.807, 2.05) is 0 Å². The highest BCUT2D eigenvalue weighted by molar-refractivity contribution is 6.30. The van der Waals surface area contributed by atoms with Gasteiger partial charge in [0.05, 0.1) is 6.10 Å². The molecule has 1 aromatic rings. The Labute approximate surface area is 105 Å². The number of aliphatic hydroxyl groups is 1. The molecule has 17 heavy (non-hydrogen) atoms. The van der Waals surface area contributed by atoms with Crippen LogP contribution in [0.5, 0.6) is 0 Å². The van der Waals surface area contributed by atoms with E-state index in [2.05, 4.69) is 15.5 Å². The number of rotatable bonds is 2. The average molecular weight is 258 g/mol. The molecular weight excluding hydrogens is 242 g/mol. The van der Waals surface area contributed by atoms with Crippen LogP contribution < -0.4 is 5.32 Å². The lowest BCUT2D eigenvalue weighted by atomic mass is 9.96. The first-order chi connectivity index (χ1) is 7.71. The molecule has 1 heterocycles. The van der Waals surface area contributed by atoms with Crippen molar-refractivity contribution < 1.29 is 9.90 Å². The largest absolute Gasteiger partial charge is 0.389 e. The Bertz CT molecular complexity index is 427. The summed E-state index contributed by atoms with van der Waals surface area (Å²) in [4.78, 5) is 11.7. The number of anilines is 1. The molecule has 1 amide bonds. The van der Waals surface area contributed by atoms with Gasteiger partial charge in [0.2, 0.25) is 5.91 Å². The van der Waals surface area contributed by atoms with Crippen molar-refractivity contribution >= 4 is 23.3 Å². The number of aliphatic hydroxyl groups excluding tert-OH is 1. The van der Waals surface area contributed by atoms with Gasteiger partial charge in [-0.05, 0) is 13.0 Å². The summed E-state index contributed by atoms with van der Waals surface area (Å²) in [5.74, 6) is 0.107. The number of aromatic nitrogens is 2. The Hall–Kier alpha value is -1.20. The molecule has 1 rings (SSSR count). The molecule has 0 saturated heterocycles. The second kappa shape index (κ2) is 4.98. The van der Waals surface area contributed by atoms with Crippen LogP contribution in [0.3, 0.4) is 0 Å². The molecular formula is C11H16ClN3O2. The summed E-state index contributed by atoms with van der Waals surface area (Å²) in [5.41, 5.74) is -0.0855. The smallest absolute Gasteiger partial charge is 0.230 e. The quantitative estimate of drug-likeness (QED) is 0.851. The second-order valence-electron chi connectivity index (χ2n) is 4.86. The molecule has 0 aliphatic rings. The maximum atomic E-state index is 11.7. The maximum absolute atomic E-state index is 11.7. The van der Waals surface area contributed by atoms with E-state index in [1.54, 1.807) is 27.7 Å². The molecule has 0 saturated carbocycles. The van der Waals surface area contributed by atoms with Gasteiger partial charge < -0.3 is 10.4 Å². The van der Waals surface area contributed by atoms with Crippen molar-refractivity contribution in [3.05, 3.63) is 16.8 Å². The molecule has 0 aromatic carbocycles. The standard InChI is InChI=1S/C11H16ClN3O2/c1-6(16)7-5-8(14-15-9(7)12)13-10(17)11(2,3)4/h5-6,16H,1-4H3,(H,13,14,17). The molecule has 0 bridgehead atoms. The number of halogens is 1. The van der Waals surface area contributed by atoms with Crippen molar-refractivity contribution in [1.29, 1.82) is 0 Å². The van der Waals surface area contributed by atoms with Crippen molar-refractivity contribution in [3.8, 4) is 0 Å². The molecule has 0 aliphatic carbocycles. The summed E-state index contributed by atoms with van der Waals surface area (Å²) in [6.45, 7) is 6.95. The first-order valence-corrected chi connectivity index (χ1v) is 5.62. The van der Waals surface area contributed by atoms with Gasteiger partial charge >= 0.3 is 0 Å². The highest BCUT2D eigenvalue weighted by atomic mass is 35.5. The van der Waals surface area contributed by atoms with Gasteiger partial charge in [-0.3, -0.25) is 4.79 Å². The number of nitrogens with zero attached hydrogens (tertiary/aromatic N) is 2. The highest BCUT2D eigenvalue weighted by Crippen LogP contribution is 2.23. The molecule has 0 fully saturated rings. The van der Waals surface area contributed by atoms with Gasteiger partial charge in [-0.25, -0.2) is 0 Å². The van der Waals surface area contributed by atoms with Gasteiger partial charge in [-0.2, -0.15) is 0 Å². The second-order valence-corrected chi connectivity index (χ2v) is 5.21. The lowest BCUT2D eigenvalue weighted by Gasteiger charge is -2.17. The Morgan fingerprint density at radius 3 is 2.53 bits per heavy atom. The van der Waals surface area contributed by atoms with Crippen molar-refractivity contribution in [2.24, 2.45) is 5.41 Å². The fourth-order valence-corrected chi connectivity index (χ4v) is 1.30. The van der Waals surface area contributed by atoms with Crippen LogP contribution in [0, 0.1) is 5.41 Å². The van der Waals surface area contributed by atoms with Gasteiger partial charge in [0.25, 0.3) is 0 Å². The third-order valence-electron chi connectivity index (χ3n) is 2.15. The molecule has 0 aliphatic heterocycles. The Kier molecular flexibility index (Phi) is 4.06. The number of carbonyl (C=O) groups is 1. The Balaban J connectivity index is 2.94. The fraction of sp³-hybridized carbons (Fsp3) is 0.545. The molecule has 2 N–H and O–H groups in total. The van der Waals surface area contributed by atoms with Crippen molar-refractivity contribution in [1.82, 2.24) is 10.2 Å². The fourth-order valence-electron chi connectivity index (χ4n) is 1.05. The summed E-state index contributed by atoms with van der Waals surface area (Å²) >= 11 is 5.77. The zero-order valence-corrected chi connectivity index (χ0v) is 11.0. The van der Waals surface area contributed by atoms with E-state index in [0.717, 1.165) is 0 Å². The third-order valence-corrected chi connectivity index (χ3v) is 2.44. The van der Waals surface area contributed by atoms with Gasteiger partial charge in [0.15, 0.2) is 11.0 Å². The zero-order chi connectivity index (χ0) is 13.2. The number of amides is 1. The molecule has 1 unspecified atom stereocenters. The topological polar surface area (TPSA) is 75.1 Å². The highest BCUT2D eigenvalue weighted by Gasteiger charge is 2.22. The molecule has 0 spiro atoms. The van der Waals surface area contributed by atoms with Crippen LogP contribution in [-0.2, 0) is 4.79 Å². The minimum atomic E-state index is -0.761. The van der Waals surface area contributed by atoms with Gasteiger partial charge in [-0.1, -0.05) is 32.4 Å². The summed E-state index contributed by atoms with van der Waals surface area (Å²) < 4.78 is 0. The molecule has 1 atom stereocenters. The first kappa shape index (κ1) is 13.9. The monoisotopic (exact) mass is 257 g/mol. The van der Waals surface area contributed by atoms with Crippen molar-refractivity contribution in [3.63, 3.8) is 0 Å². The summed E-state index contributed by atoms with van der Waals surface area (Å²) in [6, 6.07) is 1.52. The van der Waals surface area contributed by atoms with Crippen molar-refractivity contribution in [2.75, 3.05) is 5.32 Å². The molecule has 5 nitrogen and oxygen atoms in total. The number of carbonyl (C=O) groups excluding carboxylic acids is 1. The molecule has 1 aromatic heterocycles. The van der Waals surface area contributed by atoms with Gasteiger partial charge in [-0.15, -0.1) is 10.2 Å². The number of hydrogen-bond acceptors (Lipinski definition) is 4. The number of nitrogens with one attached hydrogen (secondary N) is 1. The molecule has 0 radical (unpaired) electrons. The van der Waals surface area contributed by atoms with Crippen LogP contribution >= 0.6 is 11.6 Å². The van der Waals surface area contributed by atoms with Crippen molar-refractivity contribution in [2.45, 2.75) is 33.8 Å². The van der Waals surface area contributed by atoms with Crippen LogP contribution in [0.2, 0.25) is 5.15 Å². The van der Waals surface area contributed by atoms with Crippen LogP contribution in [-0.4, -0.2) is 21.2 Å². The van der Waals surface area contributed by atoms with E-state index in [1.165, 1.54) is 6.07 Å².